The van der Waals surface area contributed by atoms with Crippen LogP contribution in [0.5, 0.6) is 0 Å². The van der Waals surface area contributed by atoms with Crippen molar-refractivity contribution in [1.29, 1.82) is 0 Å². The predicted molar refractivity (Wildman–Crippen MR) is 121 cm³/mol. The molecule has 2 atom stereocenters. The number of carbonyl (C=O) groups excluding carboxylic acids is 1. The monoisotopic (exact) mass is 480 g/mol. The predicted octanol–water partition coefficient (Wildman–Crippen LogP) is 3.25. The number of β-amino-alcohol motifs (C(OH)–C–C–N with tert-alkyl or cyclic N) is 1. The zero-order chi connectivity index (χ0) is 23.2. The first-order valence-electron chi connectivity index (χ1n) is 11.2. The van der Waals surface area contributed by atoms with Crippen LogP contribution < -0.4 is 15.5 Å². The van der Waals surface area contributed by atoms with E-state index in [1.54, 1.807) is 6.08 Å². The number of amides is 2. The lowest BCUT2D eigenvalue weighted by Gasteiger charge is -2.44. The van der Waals surface area contributed by atoms with Crippen LogP contribution in [0.2, 0.25) is 0 Å². The van der Waals surface area contributed by atoms with Gasteiger partial charge >= 0.3 is 12.2 Å². The molecule has 3 aliphatic heterocycles. The van der Waals surface area contributed by atoms with Gasteiger partial charge in [-0.2, -0.15) is 13.2 Å². The molecule has 0 radical (unpaired) electrons. The van der Waals surface area contributed by atoms with Crippen molar-refractivity contribution in [2.75, 3.05) is 37.6 Å². The highest BCUT2D eigenvalue weighted by molar-refractivity contribution is 8.03. The standard InChI is InChI=1S/C23H27F3N4O2S/c24-23(25,26)15-5-6-20-18(11-15)30(17-3-1-2-4-19(17)33-20)13-16(31)12-29-9-7-22(8-10-29)14-27-21(32)28-22/h1-6,16,18,31H,7-14H2,(H2,27,28,32). The Morgan fingerprint density at radius 2 is 1.94 bits per heavy atom. The lowest BCUT2D eigenvalue weighted by molar-refractivity contribution is -0.0944. The summed E-state index contributed by atoms with van der Waals surface area (Å²) in [4.78, 5) is 17.5. The van der Waals surface area contributed by atoms with Crippen LogP contribution in [0.4, 0.5) is 23.7 Å². The molecule has 1 aromatic rings. The van der Waals surface area contributed by atoms with Crippen LogP contribution in [-0.2, 0) is 0 Å². The normalized spacial score (nSPS) is 25.5. The number of rotatable bonds is 4. The molecule has 2 unspecified atom stereocenters. The van der Waals surface area contributed by atoms with Crippen LogP contribution >= 0.6 is 11.8 Å². The molecule has 178 valence electrons. The summed E-state index contributed by atoms with van der Waals surface area (Å²) in [5.41, 5.74) is 0.123. The second-order valence-corrected chi connectivity index (χ2v) is 10.4. The Kier molecular flexibility index (Phi) is 5.86. The molecular formula is C23H27F3N4O2S. The van der Waals surface area contributed by atoms with E-state index in [1.165, 1.54) is 17.8 Å². The fraction of sp³-hybridized carbons (Fsp3) is 0.522. The fourth-order valence-electron chi connectivity index (χ4n) is 5.17. The highest BCUT2D eigenvalue weighted by Gasteiger charge is 2.42. The van der Waals surface area contributed by atoms with Crippen molar-refractivity contribution >= 4 is 23.5 Å². The minimum atomic E-state index is -4.36. The molecule has 5 rings (SSSR count). The molecule has 2 amide bonds. The molecule has 0 aromatic heterocycles. The number of anilines is 1. The number of thioether (sulfide) groups is 1. The molecule has 4 aliphatic rings. The number of hydrogen-bond donors (Lipinski definition) is 3. The summed E-state index contributed by atoms with van der Waals surface area (Å²) >= 11 is 1.51. The third-order valence-corrected chi connectivity index (χ3v) is 8.20. The first kappa shape index (κ1) is 22.6. The van der Waals surface area contributed by atoms with Gasteiger partial charge in [0.1, 0.15) is 0 Å². The third kappa shape index (κ3) is 4.61. The zero-order valence-electron chi connectivity index (χ0n) is 18.1. The number of alkyl halides is 3. The van der Waals surface area contributed by atoms with Crippen molar-refractivity contribution in [2.45, 2.75) is 48.0 Å². The number of aliphatic hydroxyl groups is 1. The second kappa shape index (κ2) is 8.56. The minimum absolute atomic E-state index is 0.123. The molecule has 3 heterocycles. The average Bonchev–Trinajstić information content (AvgIpc) is 3.14. The first-order chi connectivity index (χ1) is 15.7. The van der Waals surface area contributed by atoms with E-state index < -0.39 is 23.9 Å². The van der Waals surface area contributed by atoms with E-state index >= 15 is 0 Å². The first-order valence-corrected chi connectivity index (χ1v) is 12.0. The number of hydrogen-bond acceptors (Lipinski definition) is 5. The maximum Gasteiger partial charge on any atom is 0.412 e. The van der Waals surface area contributed by atoms with Crippen molar-refractivity contribution in [3.05, 3.63) is 46.9 Å². The quantitative estimate of drug-likeness (QED) is 0.618. The number of halogens is 3. The van der Waals surface area contributed by atoms with Crippen molar-refractivity contribution in [3.8, 4) is 0 Å². The topological polar surface area (TPSA) is 67.8 Å². The third-order valence-electron chi connectivity index (χ3n) is 6.99. The Morgan fingerprint density at radius 1 is 1.18 bits per heavy atom. The summed E-state index contributed by atoms with van der Waals surface area (Å²) in [5, 5.41) is 16.8. The average molecular weight is 481 g/mol. The summed E-state index contributed by atoms with van der Waals surface area (Å²) in [5.74, 6) is 0. The van der Waals surface area contributed by atoms with Gasteiger partial charge in [-0.1, -0.05) is 30.0 Å². The van der Waals surface area contributed by atoms with Crippen molar-refractivity contribution in [3.63, 3.8) is 0 Å². The molecule has 1 aliphatic carbocycles. The van der Waals surface area contributed by atoms with E-state index in [9.17, 15) is 23.1 Å². The number of nitrogens with zero attached hydrogens (tertiary/aromatic N) is 2. The maximum atomic E-state index is 13.4. The Morgan fingerprint density at radius 3 is 2.64 bits per heavy atom. The SMILES string of the molecule is O=C1NCC2(CCN(CC(O)CN3c4ccccc4SC4=CC=C(C(F)(F)F)CC43)CC2)N1. The molecule has 0 saturated carbocycles. The lowest BCUT2D eigenvalue weighted by atomic mass is 9.88. The molecule has 1 aromatic carbocycles. The van der Waals surface area contributed by atoms with Crippen LogP contribution in [0.15, 0.2) is 51.8 Å². The largest absolute Gasteiger partial charge is 0.412 e. The lowest BCUT2D eigenvalue weighted by Crippen LogP contribution is -2.54. The van der Waals surface area contributed by atoms with Gasteiger partial charge in [0.05, 0.1) is 23.4 Å². The molecule has 0 bridgehead atoms. The Labute approximate surface area is 194 Å². The molecule has 2 saturated heterocycles. The number of para-hydroxylation sites is 1. The van der Waals surface area contributed by atoms with Gasteiger partial charge in [-0.15, -0.1) is 0 Å². The van der Waals surface area contributed by atoms with E-state index in [4.69, 9.17) is 0 Å². The van der Waals surface area contributed by atoms with E-state index in [0.717, 1.165) is 41.4 Å². The summed E-state index contributed by atoms with van der Waals surface area (Å²) in [6.45, 7) is 2.82. The van der Waals surface area contributed by atoms with Gasteiger partial charge in [0.15, 0.2) is 0 Å². The molecule has 6 nitrogen and oxygen atoms in total. The number of benzene rings is 1. The van der Waals surface area contributed by atoms with Crippen LogP contribution in [0, 0.1) is 0 Å². The van der Waals surface area contributed by atoms with Gasteiger partial charge < -0.3 is 25.5 Å². The number of urea groups is 1. The number of nitrogens with one attached hydrogen (secondary N) is 2. The number of aliphatic hydroxyl groups excluding tert-OH is 1. The molecule has 10 heteroatoms. The minimum Gasteiger partial charge on any atom is -0.390 e. The summed E-state index contributed by atoms with van der Waals surface area (Å²) in [6.07, 6.45) is -0.835. The van der Waals surface area contributed by atoms with Crippen LogP contribution in [-0.4, -0.2) is 72.6 Å². The molecule has 2 fully saturated rings. The smallest absolute Gasteiger partial charge is 0.390 e. The fourth-order valence-corrected chi connectivity index (χ4v) is 6.35. The van der Waals surface area contributed by atoms with Crippen molar-refractivity contribution in [2.24, 2.45) is 0 Å². The van der Waals surface area contributed by atoms with Crippen molar-refractivity contribution < 1.29 is 23.1 Å². The number of carbonyl (C=O) groups is 1. The molecule has 33 heavy (non-hydrogen) atoms. The van der Waals surface area contributed by atoms with Gasteiger partial charge in [0.25, 0.3) is 0 Å². The van der Waals surface area contributed by atoms with Crippen molar-refractivity contribution in [1.82, 2.24) is 15.5 Å². The summed E-state index contributed by atoms with van der Waals surface area (Å²) in [6, 6.07) is 7.11. The highest BCUT2D eigenvalue weighted by atomic mass is 32.2. The number of fused-ring (bicyclic) bond motifs is 2. The Bertz CT molecular complexity index is 988. The zero-order valence-corrected chi connectivity index (χ0v) is 18.9. The van der Waals surface area contributed by atoms with Gasteiger partial charge in [-0.3, -0.25) is 0 Å². The second-order valence-electron chi connectivity index (χ2n) is 9.24. The van der Waals surface area contributed by atoms with E-state index in [0.29, 0.717) is 13.1 Å². The van der Waals surface area contributed by atoms with Gasteiger partial charge in [0.2, 0.25) is 0 Å². The number of likely N-dealkylation sites (tertiary alicyclic amines) is 1. The van der Waals surface area contributed by atoms with Gasteiger partial charge in [-0.05, 0) is 31.1 Å². The van der Waals surface area contributed by atoms with Gasteiger partial charge in [0, 0.05) is 54.5 Å². The van der Waals surface area contributed by atoms with E-state index in [2.05, 4.69) is 15.5 Å². The van der Waals surface area contributed by atoms with Crippen LogP contribution in [0.3, 0.4) is 0 Å². The highest BCUT2D eigenvalue weighted by Crippen LogP contribution is 2.48. The van der Waals surface area contributed by atoms with E-state index in [1.807, 2.05) is 29.2 Å². The number of allylic oxidation sites excluding steroid dienone is 2. The molecule has 3 N–H and O–H groups in total. The number of piperidine rings is 1. The Hall–Kier alpha value is -2.17. The molecule has 1 spiro atoms. The molecular weight excluding hydrogens is 453 g/mol. The maximum absolute atomic E-state index is 13.4. The van der Waals surface area contributed by atoms with E-state index in [-0.39, 0.29) is 24.5 Å². The Balaban J connectivity index is 1.28. The van der Waals surface area contributed by atoms with Gasteiger partial charge in [-0.25, -0.2) is 4.79 Å². The van der Waals surface area contributed by atoms with Crippen LogP contribution in [0.25, 0.3) is 0 Å². The van der Waals surface area contributed by atoms with Crippen LogP contribution in [0.1, 0.15) is 19.3 Å². The summed E-state index contributed by atoms with van der Waals surface area (Å²) < 4.78 is 40.3. The summed E-state index contributed by atoms with van der Waals surface area (Å²) in [7, 11) is 0.